The van der Waals surface area contributed by atoms with E-state index in [4.69, 9.17) is 14.2 Å². The van der Waals surface area contributed by atoms with Crippen molar-refractivity contribution >= 4 is 23.9 Å². The molecule has 1 aromatic rings. The van der Waals surface area contributed by atoms with Gasteiger partial charge in [-0.1, -0.05) is 60.5 Å². The predicted octanol–water partition coefficient (Wildman–Crippen LogP) is 5.57. The van der Waals surface area contributed by atoms with E-state index in [9.17, 15) is 24.3 Å². The fourth-order valence-corrected chi connectivity index (χ4v) is 3.56. The van der Waals surface area contributed by atoms with E-state index < -0.39 is 35.0 Å². The molecule has 0 aromatic heterocycles. The summed E-state index contributed by atoms with van der Waals surface area (Å²) in [5.41, 5.74) is -2.04. The average molecular weight is 536 g/mol. The van der Waals surface area contributed by atoms with E-state index in [-0.39, 0.29) is 43.2 Å². The Labute approximate surface area is 226 Å². The summed E-state index contributed by atoms with van der Waals surface area (Å²) in [4.78, 5) is 50.0. The Balaban J connectivity index is 3.43. The van der Waals surface area contributed by atoms with Crippen LogP contribution in [-0.2, 0) is 30.3 Å². The summed E-state index contributed by atoms with van der Waals surface area (Å²) in [5.74, 6) is -2.87. The SMILES string of the molecule is CCCCC(=O)Oc1ccc(C[C@](NC(C)CC)(OC(=O)CC(C)(C)C)C(=O)O)cc1OC(=O)CCCC. The van der Waals surface area contributed by atoms with Gasteiger partial charge in [0, 0.05) is 25.3 Å². The first kappa shape index (κ1) is 33.1. The number of hydrogen-bond donors (Lipinski definition) is 2. The molecule has 0 aliphatic rings. The minimum Gasteiger partial charge on any atom is -0.477 e. The van der Waals surface area contributed by atoms with Gasteiger partial charge in [0.2, 0.25) is 0 Å². The molecule has 0 spiro atoms. The van der Waals surface area contributed by atoms with Crippen molar-refractivity contribution in [2.75, 3.05) is 0 Å². The molecule has 9 nitrogen and oxygen atoms in total. The van der Waals surface area contributed by atoms with Crippen LogP contribution in [-0.4, -0.2) is 40.8 Å². The molecule has 1 unspecified atom stereocenters. The summed E-state index contributed by atoms with van der Waals surface area (Å²) in [6.07, 6.45) is 3.69. The zero-order valence-corrected chi connectivity index (χ0v) is 24.0. The zero-order chi connectivity index (χ0) is 28.9. The van der Waals surface area contributed by atoms with E-state index in [0.29, 0.717) is 24.8 Å². The van der Waals surface area contributed by atoms with Crippen LogP contribution in [0.4, 0.5) is 0 Å². The van der Waals surface area contributed by atoms with Gasteiger partial charge in [-0.15, -0.1) is 0 Å². The summed E-state index contributed by atoms with van der Waals surface area (Å²) < 4.78 is 16.6. The molecule has 1 aromatic carbocycles. The van der Waals surface area contributed by atoms with E-state index in [0.717, 1.165) is 12.8 Å². The van der Waals surface area contributed by atoms with Crippen LogP contribution < -0.4 is 14.8 Å². The standard InChI is InChI=1S/C29H45NO8/c1-8-11-13-24(31)36-22-16-15-21(17-23(22)37-25(32)14-12-9-2)18-29(27(34)35,30-20(4)10-3)38-26(33)19-28(5,6)7/h15-17,20,30H,8-14,18-19H2,1-7H3,(H,34,35)/t20?,29-/m0/s1. The third-order valence-electron chi connectivity index (χ3n) is 5.78. The number of carboxylic acid groups (broad SMARTS) is 1. The largest absolute Gasteiger partial charge is 0.477 e. The summed E-state index contributed by atoms with van der Waals surface area (Å²) in [6, 6.07) is 4.21. The van der Waals surface area contributed by atoms with Crippen molar-refractivity contribution in [1.29, 1.82) is 0 Å². The Kier molecular flexibility index (Phi) is 13.5. The fourth-order valence-electron chi connectivity index (χ4n) is 3.56. The number of unbranched alkanes of at least 4 members (excludes halogenated alkanes) is 2. The van der Waals surface area contributed by atoms with Crippen molar-refractivity contribution in [3.05, 3.63) is 23.8 Å². The van der Waals surface area contributed by atoms with Crippen LogP contribution in [0.2, 0.25) is 0 Å². The quantitative estimate of drug-likeness (QED) is 0.159. The number of carbonyl (C=O) groups excluding carboxylic acids is 3. The van der Waals surface area contributed by atoms with E-state index >= 15 is 0 Å². The highest BCUT2D eigenvalue weighted by Crippen LogP contribution is 2.32. The molecule has 0 bridgehead atoms. The minimum atomic E-state index is -2.05. The topological polar surface area (TPSA) is 128 Å². The molecule has 9 heteroatoms. The maximum Gasteiger partial charge on any atom is 0.364 e. The maximum absolute atomic E-state index is 12.8. The molecule has 0 fully saturated rings. The first-order valence-electron chi connectivity index (χ1n) is 13.5. The number of rotatable bonds is 16. The van der Waals surface area contributed by atoms with Gasteiger partial charge in [0.15, 0.2) is 11.5 Å². The van der Waals surface area contributed by atoms with Gasteiger partial charge < -0.3 is 19.3 Å². The lowest BCUT2D eigenvalue weighted by molar-refractivity contribution is -0.185. The normalized spacial score (nSPS) is 13.8. The summed E-state index contributed by atoms with van der Waals surface area (Å²) >= 11 is 0. The number of benzene rings is 1. The Morgan fingerprint density at radius 2 is 1.45 bits per heavy atom. The van der Waals surface area contributed by atoms with Gasteiger partial charge >= 0.3 is 23.9 Å². The van der Waals surface area contributed by atoms with Crippen molar-refractivity contribution in [3.8, 4) is 11.5 Å². The molecule has 2 atom stereocenters. The highest BCUT2D eigenvalue weighted by atomic mass is 16.6. The number of aliphatic carboxylic acids is 1. The third-order valence-corrected chi connectivity index (χ3v) is 5.78. The van der Waals surface area contributed by atoms with Crippen molar-refractivity contribution in [3.63, 3.8) is 0 Å². The maximum atomic E-state index is 12.8. The van der Waals surface area contributed by atoms with Gasteiger partial charge in [0.25, 0.3) is 5.72 Å². The minimum absolute atomic E-state index is 0.0114. The lowest BCUT2D eigenvalue weighted by Crippen LogP contribution is -2.59. The number of ether oxygens (including phenoxy) is 3. The monoisotopic (exact) mass is 535 g/mol. The number of carbonyl (C=O) groups is 4. The van der Waals surface area contributed by atoms with Crippen LogP contribution in [0.5, 0.6) is 11.5 Å². The van der Waals surface area contributed by atoms with Gasteiger partial charge in [-0.2, -0.15) is 0 Å². The van der Waals surface area contributed by atoms with Crippen molar-refractivity contribution in [2.45, 2.75) is 118 Å². The molecule has 2 N–H and O–H groups in total. The fraction of sp³-hybridized carbons (Fsp3) is 0.655. The van der Waals surface area contributed by atoms with Gasteiger partial charge in [-0.05, 0) is 49.3 Å². The molecular weight excluding hydrogens is 490 g/mol. The van der Waals surface area contributed by atoms with Crippen LogP contribution in [0.1, 0.15) is 105 Å². The molecule has 0 saturated heterocycles. The van der Waals surface area contributed by atoms with E-state index in [2.05, 4.69) is 5.32 Å². The van der Waals surface area contributed by atoms with Crippen molar-refractivity contribution in [1.82, 2.24) is 5.32 Å². The number of nitrogens with one attached hydrogen (secondary N) is 1. The highest BCUT2D eigenvalue weighted by molar-refractivity contribution is 5.82. The second kappa shape index (κ2) is 15.5. The van der Waals surface area contributed by atoms with E-state index in [1.54, 1.807) is 13.0 Å². The van der Waals surface area contributed by atoms with Crippen LogP contribution in [0, 0.1) is 5.41 Å². The van der Waals surface area contributed by atoms with Crippen LogP contribution in [0.3, 0.4) is 0 Å². The van der Waals surface area contributed by atoms with Gasteiger partial charge in [-0.3, -0.25) is 19.7 Å². The molecule has 0 amide bonds. The van der Waals surface area contributed by atoms with E-state index in [1.165, 1.54) is 12.1 Å². The first-order chi connectivity index (χ1) is 17.7. The number of carboxylic acids is 1. The summed E-state index contributed by atoms with van der Waals surface area (Å²) in [7, 11) is 0. The lowest BCUT2D eigenvalue weighted by atomic mass is 9.92. The third kappa shape index (κ3) is 11.6. The second-order valence-corrected chi connectivity index (χ2v) is 10.9. The molecule has 38 heavy (non-hydrogen) atoms. The molecule has 214 valence electrons. The van der Waals surface area contributed by atoms with Gasteiger partial charge in [0.1, 0.15) is 0 Å². The Bertz CT molecular complexity index is 952. The molecule has 1 rings (SSSR count). The zero-order valence-electron chi connectivity index (χ0n) is 24.0. The van der Waals surface area contributed by atoms with Crippen LogP contribution >= 0.6 is 0 Å². The lowest BCUT2D eigenvalue weighted by Gasteiger charge is -2.34. The molecule has 0 heterocycles. The average Bonchev–Trinajstić information content (AvgIpc) is 2.81. The van der Waals surface area contributed by atoms with E-state index in [1.807, 2.05) is 41.5 Å². The molecule has 0 aliphatic heterocycles. The Morgan fingerprint density at radius 1 is 0.895 bits per heavy atom. The summed E-state index contributed by atoms with van der Waals surface area (Å²) in [5, 5.41) is 13.2. The van der Waals surface area contributed by atoms with Crippen LogP contribution in [0.15, 0.2) is 18.2 Å². The van der Waals surface area contributed by atoms with Gasteiger partial charge in [-0.25, -0.2) is 4.79 Å². The predicted molar refractivity (Wildman–Crippen MR) is 144 cm³/mol. The smallest absolute Gasteiger partial charge is 0.364 e. The molecular formula is C29H45NO8. The Hall–Kier alpha value is -2.94. The first-order valence-corrected chi connectivity index (χ1v) is 13.5. The molecule has 0 radical (unpaired) electrons. The van der Waals surface area contributed by atoms with Crippen molar-refractivity contribution in [2.24, 2.45) is 5.41 Å². The summed E-state index contributed by atoms with van der Waals surface area (Å²) in [6.45, 7) is 13.2. The number of esters is 3. The van der Waals surface area contributed by atoms with Crippen molar-refractivity contribution < 1.29 is 38.5 Å². The highest BCUT2D eigenvalue weighted by Gasteiger charge is 2.44. The van der Waals surface area contributed by atoms with Gasteiger partial charge in [0.05, 0.1) is 6.42 Å². The molecule has 0 aliphatic carbocycles. The molecule has 0 saturated carbocycles. The van der Waals surface area contributed by atoms with Crippen LogP contribution in [0.25, 0.3) is 0 Å². The Morgan fingerprint density at radius 3 is 1.92 bits per heavy atom. The number of hydrogen-bond acceptors (Lipinski definition) is 8. The second-order valence-electron chi connectivity index (χ2n) is 10.9.